The molecule has 0 atom stereocenters. The summed E-state index contributed by atoms with van der Waals surface area (Å²) in [6, 6.07) is 0. The van der Waals surface area contributed by atoms with E-state index in [1.807, 2.05) is 6.20 Å². The number of hydrogen-bond donors (Lipinski definition) is 1. The maximum Gasteiger partial charge on any atom is 0.0635 e. The van der Waals surface area contributed by atoms with Gasteiger partial charge in [0, 0.05) is 12.5 Å². The summed E-state index contributed by atoms with van der Waals surface area (Å²) >= 11 is 3.60. The molecule has 15 heavy (non-hydrogen) atoms. The van der Waals surface area contributed by atoms with Crippen molar-refractivity contribution in [3.8, 4) is 0 Å². The van der Waals surface area contributed by atoms with Crippen LogP contribution < -0.4 is 5.73 Å². The molecule has 0 aliphatic heterocycles. The molecule has 1 saturated carbocycles. The van der Waals surface area contributed by atoms with Gasteiger partial charge in [-0.25, -0.2) is 0 Å². The van der Waals surface area contributed by atoms with Crippen molar-refractivity contribution in [1.82, 2.24) is 9.78 Å². The van der Waals surface area contributed by atoms with Gasteiger partial charge >= 0.3 is 0 Å². The Hall–Kier alpha value is -0.350. The minimum absolute atomic E-state index is 0.661. The molecule has 1 heterocycles. The zero-order valence-corrected chi connectivity index (χ0v) is 10.5. The van der Waals surface area contributed by atoms with E-state index in [1.54, 1.807) is 0 Å². The predicted molar refractivity (Wildman–Crippen MR) is 64.8 cm³/mol. The minimum atomic E-state index is 0.661. The van der Waals surface area contributed by atoms with E-state index in [9.17, 15) is 0 Å². The van der Waals surface area contributed by atoms with Gasteiger partial charge in [0.2, 0.25) is 0 Å². The lowest BCUT2D eigenvalue weighted by Crippen LogP contribution is -2.17. The second-order valence-corrected chi connectivity index (χ2v) is 5.08. The molecule has 1 aromatic heterocycles. The van der Waals surface area contributed by atoms with Gasteiger partial charge in [0.25, 0.3) is 0 Å². The van der Waals surface area contributed by atoms with Crippen LogP contribution in [-0.2, 0) is 6.54 Å². The quantitative estimate of drug-likeness (QED) is 0.919. The highest BCUT2D eigenvalue weighted by Gasteiger charge is 2.21. The fourth-order valence-electron chi connectivity index (χ4n) is 2.45. The second kappa shape index (κ2) is 5.12. The molecule has 0 bridgehead atoms. The van der Waals surface area contributed by atoms with Crippen molar-refractivity contribution in [2.45, 2.75) is 44.6 Å². The summed E-state index contributed by atoms with van der Waals surface area (Å²) in [4.78, 5) is 0. The van der Waals surface area contributed by atoms with E-state index in [0.717, 1.165) is 11.0 Å². The van der Waals surface area contributed by atoms with Crippen molar-refractivity contribution in [3.63, 3.8) is 0 Å². The van der Waals surface area contributed by atoms with Gasteiger partial charge in [-0.1, -0.05) is 19.3 Å². The number of nitrogens with two attached hydrogens (primary N) is 1. The molecule has 0 unspecified atom stereocenters. The van der Waals surface area contributed by atoms with Gasteiger partial charge in [0.1, 0.15) is 0 Å². The Bertz CT molecular complexity index is 316. The zero-order chi connectivity index (χ0) is 10.7. The number of rotatable bonds is 3. The lowest BCUT2D eigenvalue weighted by molar-refractivity contribution is 0.414. The average molecular weight is 272 g/mol. The molecule has 0 amide bonds. The van der Waals surface area contributed by atoms with E-state index in [4.69, 9.17) is 5.73 Å². The van der Waals surface area contributed by atoms with Crippen LogP contribution >= 0.6 is 15.9 Å². The number of hydrogen-bond acceptors (Lipinski definition) is 2. The van der Waals surface area contributed by atoms with Crippen molar-refractivity contribution in [2.24, 2.45) is 5.73 Å². The van der Waals surface area contributed by atoms with Crippen LogP contribution in [0.1, 0.15) is 43.7 Å². The van der Waals surface area contributed by atoms with Crippen LogP contribution in [0.25, 0.3) is 0 Å². The fraction of sp³-hybridized carbons (Fsp3) is 0.727. The Kier molecular flexibility index (Phi) is 3.81. The summed E-state index contributed by atoms with van der Waals surface area (Å²) in [6.45, 7) is 1.49. The Labute approximate surface area is 99.2 Å². The van der Waals surface area contributed by atoms with Gasteiger partial charge in [-0.2, -0.15) is 5.10 Å². The molecule has 0 radical (unpaired) electrons. The van der Waals surface area contributed by atoms with Crippen LogP contribution in [0.15, 0.2) is 10.7 Å². The van der Waals surface area contributed by atoms with Gasteiger partial charge in [-0.05, 0) is 28.8 Å². The first kappa shape index (κ1) is 11.1. The minimum Gasteiger partial charge on any atom is -0.329 e. The molecule has 1 aliphatic rings. The first-order valence-electron chi connectivity index (χ1n) is 5.74. The Morgan fingerprint density at radius 2 is 2.13 bits per heavy atom. The molecule has 1 aromatic rings. The smallest absolute Gasteiger partial charge is 0.0635 e. The maximum absolute atomic E-state index is 5.59. The van der Waals surface area contributed by atoms with Crippen molar-refractivity contribution in [1.29, 1.82) is 0 Å². The first-order chi connectivity index (χ1) is 7.33. The third kappa shape index (κ3) is 2.42. The number of nitrogens with zero attached hydrogens (tertiary/aromatic N) is 2. The summed E-state index contributed by atoms with van der Waals surface area (Å²) in [7, 11) is 0. The molecule has 4 heteroatoms. The van der Waals surface area contributed by atoms with E-state index in [2.05, 4.69) is 25.7 Å². The van der Waals surface area contributed by atoms with Crippen molar-refractivity contribution < 1.29 is 0 Å². The van der Waals surface area contributed by atoms with Gasteiger partial charge in [0.05, 0.1) is 22.9 Å². The van der Waals surface area contributed by atoms with E-state index >= 15 is 0 Å². The van der Waals surface area contributed by atoms with Gasteiger partial charge in [0.15, 0.2) is 0 Å². The zero-order valence-electron chi connectivity index (χ0n) is 8.95. The topological polar surface area (TPSA) is 43.8 Å². The van der Waals surface area contributed by atoms with Crippen molar-refractivity contribution in [2.75, 3.05) is 6.54 Å². The third-order valence-corrected chi connectivity index (χ3v) is 3.78. The monoisotopic (exact) mass is 271 g/mol. The molecule has 1 fully saturated rings. The first-order valence-corrected chi connectivity index (χ1v) is 6.53. The summed E-state index contributed by atoms with van der Waals surface area (Å²) in [5.74, 6) is 0.683. The van der Waals surface area contributed by atoms with E-state index in [-0.39, 0.29) is 0 Å². The van der Waals surface area contributed by atoms with Crippen LogP contribution in [0.3, 0.4) is 0 Å². The van der Waals surface area contributed by atoms with E-state index in [1.165, 1.54) is 37.8 Å². The third-order valence-electron chi connectivity index (χ3n) is 3.17. The van der Waals surface area contributed by atoms with Crippen LogP contribution in [0.5, 0.6) is 0 Å². The Balaban J connectivity index is 2.19. The summed E-state index contributed by atoms with van der Waals surface area (Å²) in [6.07, 6.45) is 8.60. The van der Waals surface area contributed by atoms with Crippen LogP contribution in [0.4, 0.5) is 0 Å². The molecule has 2 rings (SSSR count). The fourth-order valence-corrected chi connectivity index (χ4v) is 3.07. The highest BCUT2D eigenvalue weighted by molar-refractivity contribution is 9.10. The summed E-state index contributed by atoms with van der Waals surface area (Å²) in [5, 5.41) is 4.37. The second-order valence-electron chi connectivity index (χ2n) is 4.22. The van der Waals surface area contributed by atoms with E-state index in [0.29, 0.717) is 12.5 Å². The van der Waals surface area contributed by atoms with Gasteiger partial charge < -0.3 is 5.73 Å². The highest BCUT2D eigenvalue weighted by Crippen LogP contribution is 2.36. The standard InChI is InChI=1S/C11H18BrN3/c12-10-8-14-15(7-6-13)11(10)9-4-2-1-3-5-9/h8-9H,1-7,13H2. The van der Waals surface area contributed by atoms with E-state index < -0.39 is 0 Å². The lowest BCUT2D eigenvalue weighted by atomic mass is 9.87. The highest BCUT2D eigenvalue weighted by atomic mass is 79.9. The molecule has 2 N–H and O–H groups in total. The number of aromatic nitrogens is 2. The Morgan fingerprint density at radius 3 is 2.80 bits per heavy atom. The molecule has 1 aliphatic carbocycles. The SMILES string of the molecule is NCCn1ncc(Br)c1C1CCCCC1. The van der Waals surface area contributed by atoms with Gasteiger partial charge in [-0.15, -0.1) is 0 Å². The average Bonchev–Trinajstić information content (AvgIpc) is 2.62. The van der Waals surface area contributed by atoms with Crippen molar-refractivity contribution >= 4 is 15.9 Å². The lowest BCUT2D eigenvalue weighted by Gasteiger charge is -2.23. The van der Waals surface area contributed by atoms with Crippen LogP contribution in [0.2, 0.25) is 0 Å². The molecular weight excluding hydrogens is 254 g/mol. The molecular formula is C11H18BrN3. The summed E-state index contributed by atoms with van der Waals surface area (Å²) < 4.78 is 3.22. The Morgan fingerprint density at radius 1 is 1.40 bits per heavy atom. The normalized spacial score (nSPS) is 18.3. The molecule has 0 spiro atoms. The van der Waals surface area contributed by atoms with Crippen LogP contribution in [0, 0.1) is 0 Å². The van der Waals surface area contributed by atoms with Crippen molar-refractivity contribution in [3.05, 3.63) is 16.4 Å². The molecule has 0 saturated heterocycles. The predicted octanol–water partition coefficient (Wildman–Crippen LogP) is 2.65. The number of halogens is 1. The van der Waals surface area contributed by atoms with Crippen LogP contribution in [-0.4, -0.2) is 16.3 Å². The summed E-state index contributed by atoms with van der Waals surface area (Å²) in [5.41, 5.74) is 6.95. The molecule has 84 valence electrons. The van der Waals surface area contributed by atoms with Gasteiger partial charge in [-0.3, -0.25) is 4.68 Å². The maximum atomic E-state index is 5.59. The molecule has 0 aromatic carbocycles. The largest absolute Gasteiger partial charge is 0.329 e. The molecule has 3 nitrogen and oxygen atoms in total.